The lowest BCUT2D eigenvalue weighted by atomic mass is 10.1. The second kappa shape index (κ2) is 7.91. The minimum Gasteiger partial charge on any atom is -0.497 e. The first-order chi connectivity index (χ1) is 14.4. The largest absolute Gasteiger partial charge is 0.497 e. The Bertz CT molecular complexity index is 1160. The Morgan fingerprint density at radius 2 is 1.70 bits per heavy atom. The van der Waals surface area contributed by atoms with E-state index < -0.39 is 16.1 Å². The van der Waals surface area contributed by atoms with Crippen molar-refractivity contribution in [2.75, 3.05) is 18.2 Å². The van der Waals surface area contributed by atoms with Crippen molar-refractivity contribution in [3.63, 3.8) is 0 Å². The Morgan fingerprint density at radius 3 is 2.40 bits per heavy atom. The van der Waals surface area contributed by atoms with Gasteiger partial charge in [0.25, 0.3) is 10.0 Å². The van der Waals surface area contributed by atoms with E-state index in [4.69, 9.17) is 14.2 Å². The van der Waals surface area contributed by atoms with Gasteiger partial charge in [0.1, 0.15) is 5.75 Å². The molecule has 0 aromatic heterocycles. The number of aryl methyl sites for hydroxylation is 1. The molecule has 1 aliphatic rings. The van der Waals surface area contributed by atoms with Crippen molar-refractivity contribution in [2.24, 2.45) is 0 Å². The number of hydrogen-bond acceptors (Lipinski definition) is 5. The first-order valence-corrected chi connectivity index (χ1v) is 11.0. The normalized spacial score (nSPS) is 13.7. The molecule has 6 nitrogen and oxygen atoms in total. The zero-order valence-corrected chi connectivity index (χ0v) is 17.8. The molecule has 0 amide bonds. The number of fused-ring (bicyclic) bond motifs is 1. The summed E-state index contributed by atoms with van der Waals surface area (Å²) in [6.07, 6.45) is 0. The average molecular weight is 426 g/mol. The monoisotopic (exact) mass is 425 g/mol. The fourth-order valence-corrected chi connectivity index (χ4v) is 5.16. The molecular formula is C23H23NO5S. The van der Waals surface area contributed by atoms with Crippen LogP contribution in [-0.2, 0) is 10.0 Å². The number of anilines is 1. The molecule has 0 aliphatic carbocycles. The van der Waals surface area contributed by atoms with E-state index in [9.17, 15) is 8.42 Å². The van der Waals surface area contributed by atoms with E-state index in [1.807, 2.05) is 38.1 Å². The highest BCUT2D eigenvalue weighted by molar-refractivity contribution is 7.92. The molecule has 7 heteroatoms. The summed E-state index contributed by atoms with van der Waals surface area (Å²) in [4.78, 5) is 0.181. The molecule has 1 aliphatic heterocycles. The number of methoxy groups -OCH3 is 1. The van der Waals surface area contributed by atoms with Gasteiger partial charge in [-0.25, -0.2) is 8.42 Å². The Morgan fingerprint density at radius 1 is 0.967 bits per heavy atom. The van der Waals surface area contributed by atoms with E-state index in [0.717, 1.165) is 11.1 Å². The van der Waals surface area contributed by atoms with Crippen LogP contribution in [0.15, 0.2) is 71.6 Å². The smallest absolute Gasteiger partial charge is 0.264 e. The lowest BCUT2D eigenvalue weighted by molar-refractivity contribution is 0.174. The number of ether oxygens (including phenoxy) is 3. The van der Waals surface area contributed by atoms with Gasteiger partial charge >= 0.3 is 0 Å². The summed E-state index contributed by atoms with van der Waals surface area (Å²) in [6.45, 7) is 3.98. The van der Waals surface area contributed by atoms with Gasteiger partial charge in [0, 0.05) is 6.07 Å². The van der Waals surface area contributed by atoms with Crippen molar-refractivity contribution in [1.82, 2.24) is 0 Å². The van der Waals surface area contributed by atoms with Gasteiger partial charge in [-0.15, -0.1) is 0 Å². The first kappa shape index (κ1) is 20.1. The molecule has 0 fully saturated rings. The topological polar surface area (TPSA) is 65.1 Å². The molecular weight excluding hydrogens is 402 g/mol. The van der Waals surface area contributed by atoms with Gasteiger partial charge < -0.3 is 14.2 Å². The zero-order chi connectivity index (χ0) is 21.3. The number of benzene rings is 3. The SMILES string of the molecule is COc1ccc(S(=O)(=O)N(c2ccc3c(c2)OCO3)C(C)c2cccc(C)c2)cc1. The molecule has 0 saturated heterocycles. The molecule has 30 heavy (non-hydrogen) atoms. The summed E-state index contributed by atoms with van der Waals surface area (Å²) in [7, 11) is -2.33. The number of hydrogen-bond donors (Lipinski definition) is 0. The van der Waals surface area contributed by atoms with E-state index in [-0.39, 0.29) is 11.7 Å². The quantitative estimate of drug-likeness (QED) is 0.573. The van der Waals surface area contributed by atoms with E-state index >= 15 is 0 Å². The van der Waals surface area contributed by atoms with Gasteiger partial charge in [-0.1, -0.05) is 29.8 Å². The summed E-state index contributed by atoms with van der Waals surface area (Å²) in [5, 5.41) is 0. The molecule has 156 valence electrons. The summed E-state index contributed by atoms with van der Waals surface area (Å²) in [5.74, 6) is 1.72. The molecule has 0 radical (unpaired) electrons. The van der Waals surface area contributed by atoms with Crippen LogP contribution in [-0.4, -0.2) is 22.3 Å². The second-order valence-corrected chi connectivity index (χ2v) is 8.92. The van der Waals surface area contributed by atoms with Gasteiger partial charge in [0.2, 0.25) is 6.79 Å². The molecule has 0 bridgehead atoms. The number of nitrogens with zero attached hydrogens (tertiary/aromatic N) is 1. The fraction of sp³-hybridized carbons (Fsp3) is 0.217. The Balaban J connectivity index is 1.84. The van der Waals surface area contributed by atoms with E-state index in [1.54, 1.807) is 49.6 Å². The van der Waals surface area contributed by atoms with E-state index in [1.165, 1.54) is 4.31 Å². The van der Waals surface area contributed by atoms with E-state index in [0.29, 0.717) is 22.9 Å². The first-order valence-electron chi connectivity index (χ1n) is 9.55. The molecule has 0 saturated carbocycles. The van der Waals surface area contributed by atoms with Gasteiger partial charge in [0.15, 0.2) is 11.5 Å². The standard InChI is InChI=1S/C23H23NO5S/c1-16-5-4-6-18(13-16)17(2)24(19-7-12-22-23(14-19)29-15-28-22)30(25,26)21-10-8-20(27-3)9-11-21/h4-14,17H,15H2,1-3H3. The average Bonchev–Trinajstić information content (AvgIpc) is 3.21. The fourth-order valence-electron chi connectivity index (χ4n) is 3.52. The maximum Gasteiger partial charge on any atom is 0.264 e. The number of rotatable bonds is 6. The van der Waals surface area contributed by atoms with Crippen LogP contribution in [0, 0.1) is 6.92 Å². The Kier molecular flexibility index (Phi) is 5.30. The van der Waals surface area contributed by atoms with Gasteiger partial charge in [0.05, 0.1) is 23.7 Å². The van der Waals surface area contributed by atoms with Gasteiger partial charge in [-0.3, -0.25) is 4.31 Å². The van der Waals surface area contributed by atoms with Crippen LogP contribution < -0.4 is 18.5 Å². The molecule has 1 atom stereocenters. The lowest BCUT2D eigenvalue weighted by Gasteiger charge is -2.31. The van der Waals surface area contributed by atoms with Crippen molar-refractivity contribution in [1.29, 1.82) is 0 Å². The molecule has 1 unspecified atom stereocenters. The molecule has 4 rings (SSSR count). The summed E-state index contributed by atoms with van der Waals surface area (Å²) in [6, 6.07) is 19.0. The van der Waals surface area contributed by atoms with Crippen LogP contribution in [0.25, 0.3) is 0 Å². The molecule has 3 aromatic rings. The van der Waals surface area contributed by atoms with Crippen LogP contribution in [0.5, 0.6) is 17.2 Å². The second-order valence-electron chi connectivity index (χ2n) is 7.10. The van der Waals surface area contributed by atoms with Crippen LogP contribution in [0.2, 0.25) is 0 Å². The van der Waals surface area contributed by atoms with Crippen LogP contribution in [0.4, 0.5) is 5.69 Å². The van der Waals surface area contributed by atoms with Crippen LogP contribution in [0.3, 0.4) is 0 Å². The van der Waals surface area contributed by atoms with Crippen LogP contribution in [0.1, 0.15) is 24.1 Å². The van der Waals surface area contributed by atoms with E-state index in [2.05, 4.69) is 0 Å². The van der Waals surface area contributed by atoms with Crippen LogP contribution >= 0.6 is 0 Å². The van der Waals surface area contributed by atoms with Crippen molar-refractivity contribution in [2.45, 2.75) is 24.8 Å². The Labute approximate surface area is 176 Å². The lowest BCUT2D eigenvalue weighted by Crippen LogP contribution is -2.33. The Hall–Kier alpha value is -3.19. The van der Waals surface area contributed by atoms with Gasteiger partial charge in [-0.05, 0) is 55.8 Å². The summed E-state index contributed by atoms with van der Waals surface area (Å²) in [5.41, 5.74) is 2.46. The maximum absolute atomic E-state index is 13.7. The zero-order valence-electron chi connectivity index (χ0n) is 17.0. The maximum atomic E-state index is 13.7. The minimum atomic E-state index is -3.88. The third-order valence-electron chi connectivity index (χ3n) is 5.10. The molecule has 3 aromatic carbocycles. The predicted octanol–water partition coefficient (Wildman–Crippen LogP) is 4.69. The predicted molar refractivity (Wildman–Crippen MR) is 115 cm³/mol. The van der Waals surface area contributed by atoms with Crippen molar-refractivity contribution >= 4 is 15.7 Å². The minimum absolute atomic E-state index is 0.122. The molecule has 0 spiro atoms. The highest BCUT2D eigenvalue weighted by Crippen LogP contribution is 2.40. The number of sulfonamides is 1. The van der Waals surface area contributed by atoms with Crippen molar-refractivity contribution in [3.8, 4) is 17.2 Å². The summed E-state index contributed by atoms with van der Waals surface area (Å²) < 4.78 is 44.9. The third-order valence-corrected chi connectivity index (χ3v) is 7.02. The van der Waals surface area contributed by atoms with Gasteiger partial charge in [-0.2, -0.15) is 0 Å². The highest BCUT2D eigenvalue weighted by atomic mass is 32.2. The molecule has 0 N–H and O–H groups in total. The van der Waals surface area contributed by atoms with Crippen molar-refractivity contribution < 1.29 is 22.6 Å². The molecule has 1 heterocycles. The van der Waals surface area contributed by atoms with Crippen molar-refractivity contribution in [3.05, 3.63) is 77.9 Å². The summed E-state index contributed by atoms with van der Waals surface area (Å²) >= 11 is 0. The highest BCUT2D eigenvalue weighted by Gasteiger charge is 2.31. The third kappa shape index (κ3) is 3.68.